The van der Waals surface area contributed by atoms with Crippen LogP contribution in [0.4, 0.5) is 5.69 Å². The minimum atomic E-state index is 0.197. The maximum Gasteiger partial charge on any atom is 0.237 e. The minimum absolute atomic E-state index is 0.197. The second-order valence-corrected chi connectivity index (χ2v) is 6.99. The number of para-hydroxylation sites is 1. The van der Waals surface area contributed by atoms with Gasteiger partial charge in [-0.05, 0) is 41.7 Å². The molecule has 2 nitrogen and oxygen atoms in total. The maximum atomic E-state index is 12.5. The maximum absolute atomic E-state index is 12.5. The van der Waals surface area contributed by atoms with Gasteiger partial charge in [0.2, 0.25) is 5.91 Å². The zero-order chi connectivity index (χ0) is 15.5. The summed E-state index contributed by atoms with van der Waals surface area (Å²) in [6.45, 7) is 5.19. The van der Waals surface area contributed by atoms with Crippen LogP contribution in [0.3, 0.4) is 0 Å². The van der Waals surface area contributed by atoms with Crippen molar-refractivity contribution in [3.63, 3.8) is 0 Å². The molecule has 0 saturated heterocycles. The molecule has 0 unspecified atom stereocenters. The molecule has 0 N–H and O–H groups in total. The van der Waals surface area contributed by atoms with Crippen molar-refractivity contribution in [2.45, 2.75) is 31.1 Å². The Morgan fingerprint density at radius 1 is 1.14 bits per heavy atom. The molecule has 2 aromatic carbocycles. The third-order valence-corrected chi connectivity index (χ3v) is 5.09. The molecule has 114 valence electrons. The van der Waals surface area contributed by atoms with Crippen molar-refractivity contribution in [1.29, 1.82) is 0 Å². The molecule has 0 saturated carbocycles. The highest BCUT2D eigenvalue weighted by molar-refractivity contribution is 8.00. The number of hydrogen-bond donors (Lipinski definition) is 0. The number of fused-ring (bicyclic) bond motifs is 1. The Balaban J connectivity index is 1.61. The number of anilines is 1. The van der Waals surface area contributed by atoms with Gasteiger partial charge in [-0.2, -0.15) is 0 Å². The molecular formula is C19H21NOS. The SMILES string of the molecule is CC(C)c1ccc(SCC(=O)N2CCc3ccccc32)cc1. The molecule has 22 heavy (non-hydrogen) atoms. The summed E-state index contributed by atoms with van der Waals surface area (Å²) < 4.78 is 0. The molecule has 2 aromatic rings. The summed E-state index contributed by atoms with van der Waals surface area (Å²) in [5.74, 6) is 1.24. The average molecular weight is 311 g/mol. The number of hydrogen-bond acceptors (Lipinski definition) is 2. The summed E-state index contributed by atoms with van der Waals surface area (Å²) in [6.07, 6.45) is 0.968. The first-order valence-electron chi connectivity index (χ1n) is 7.76. The van der Waals surface area contributed by atoms with E-state index in [9.17, 15) is 4.79 Å². The minimum Gasteiger partial charge on any atom is -0.311 e. The lowest BCUT2D eigenvalue weighted by Gasteiger charge is -2.17. The van der Waals surface area contributed by atoms with Crippen molar-refractivity contribution in [3.05, 3.63) is 59.7 Å². The van der Waals surface area contributed by atoms with Gasteiger partial charge in [0.05, 0.1) is 5.75 Å². The third-order valence-electron chi connectivity index (χ3n) is 4.10. The lowest BCUT2D eigenvalue weighted by molar-refractivity contribution is -0.116. The van der Waals surface area contributed by atoms with E-state index in [1.165, 1.54) is 11.1 Å². The van der Waals surface area contributed by atoms with Crippen LogP contribution in [0.1, 0.15) is 30.9 Å². The Morgan fingerprint density at radius 2 is 1.86 bits per heavy atom. The Hall–Kier alpha value is -1.74. The third kappa shape index (κ3) is 3.20. The summed E-state index contributed by atoms with van der Waals surface area (Å²) in [4.78, 5) is 15.5. The number of nitrogens with zero attached hydrogens (tertiary/aromatic N) is 1. The standard InChI is InChI=1S/C19H21NOS/c1-14(2)15-7-9-17(10-8-15)22-13-19(21)20-12-11-16-5-3-4-6-18(16)20/h3-10,14H,11-13H2,1-2H3. The summed E-state index contributed by atoms with van der Waals surface area (Å²) in [6, 6.07) is 16.7. The second kappa shape index (κ2) is 6.57. The van der Waals surface area contributed by atoms with Gasteiger partial charge < -0.3 is 4.90 Å². The Morgan fingerprint density at radius 3 is 2.59 bits per heavy atom. The molecule has 1 aliphatic rings. The number of rotatable bonds is 4. The molecule has 0 bridgehead atoms. The predicted molar refractivity (Wildman–Crippen MR) is 93.8 cm³/mol. The largest absolute Gasteiger partial charge is 0.311 e. The molecule has 3 rings (SSSR count). The lowest BCUT2D eigenvalue weighted by Crippen LogP contribution is -2.30. The normalized spacial score (nSPS) is 13.5. The van der Waals surface area contributed by atoms with E-state index >= 15 is 0 Å². The molecule has 1 amide bonds. The fourth-order valence-corrected chi connectivity index (χ4v) is 3.54. The Kier molecular flexibility index (Phi) is 4.53. The van der Waals surface area contributed by atoms with Crippen LogP contribution in [0.15, 0.2) is 53.4 Å². The monoisotopic (exact) mass is 311 g/mol. The molecule has 0 fully saturated rings. The fourth-order valence-electron chi connectivity index (χ4n) is 2.77. The van der Waals surface area contributed by atoms with Gasteiger partial charge >= 0.3 is 0 Å². The van der Waals surface area contributed by atoms with E-state index < -0.39 is 0 Å². The highest BCUT2D eigenvalue weighted by Crippen LogP contribution is 2.29. The number of amides is 1. The van der Waals surface area contributed by atoms with Crippen LogP contribution in [0, 0.1) is 0 Å². The van der Waals surface area contributed by atoms with Crippen molar-refractivity contribution in [2.24, 2.45) is 0 Å². The van der Waals surface area contributed by atoms with Crippen molar-refractivity contribution in [3.8, 4) is 0 Å². The fraction of sp³-hybridized carbons (Fsp3) is 0.316. The van der Waals surface area contributed by atoms with Gasteiger partial charge in [-0.25, -0.2) is 0 Å². The Bertz CT molecular complexity index is 663. The van der Waals surface area contributed by atoms with Crippen LogP contribution in [0.5, 0.6) is 0 Å². The van der Waals surface area contributed by atoms with Gasteiger partial charge in [0.25, 0.3) is 0 Å². The number of carbonyl (C=O) groups excluding carboxylic acids is 1. The molecule has 0 atom stereocenters. The van der Waals surface area contributed by atoms with E-state index in [-0.39, 0.29) is 5.91 Å². The number of benzene rings is 2. The van der Waals surface area contributed by atoms with Crippen LogP contribution >= 0.6 is 11.8 Å². The van der Waals surface area contributed by atoms with E-state index in [0.29, 0.717) is 11.7 Å². The predicted octanol–water partition coefficient (Wildman–Crippen LogP) is 4.49. The number of carbonyl (C=O) groups is 1. The van der Waals surface area contributed by atoms with Gasteiger partial charge in [-0.15, -0.1) is 11.8 Å². The topological polar surface area (TPSA) is 20.3 Å². The molecule has 0 aliphatic carbocycles. The first kappa shape index (κ1) is 15.2. The zero-order valence-electron chi connectivity index (χ0n) is 13.1. The molecule has 3 heteroatoms. The van der Waals surface area contributed by atoms with Crippen molar-refractivity contribution < 1.29 is 4.79 Å². The van der Waals surface area contributed by atoms with Gasteiger partial charge in [0.1, 0.15) is 0 Å². The quantitative estimate of drug-likeness (QED) is 0.775. The summed E-state index contributed by atoms with van der Waals surface area (Å²) in [5, 5.41) is 0. The molecular weight excluding hydrogens is 290 g/mol. The van der Waals surface area contributed by atoms with Gasteiger partial charge in [0, 0.05) is 17.1 Å². The first-order valence-corrected chi connectivity index (χ1v) is 8.75. The highest BCUT2D eigenvalue weighted by atomic mass is 32.2. The van der Waals surface area contributed by atoms with E-state index in [1.54, 1.807) is 11.8 Å². The van der Waals surface area contributed by atoms with Crippen molar-refractivity contribution in [1.82, 2.24) is 0 Å². The first-order chi connectivity index (χ1) is 10.6. The van der Waals surface area contributed by atoms with Crippen LogP contribution < -0.4 is 4.90 Å². The number of thioether (sulfide) groups is 1. The lowest BCUT2D eigenvalue weighted by atomic mass is 10.0. The van der Waals surface area contributed by atoms with E-state index in [2.05, 4.69) is 44.2 Å². The van der Waals surface area contributed by atoms with E-state index in [4.69, 9.17) is 0 Å². The second-order valence-electron chi connectivity index (χ2n) is 5.94. The summed E-state index contributed by atoms with van der Waals surface area (Å²) in [7, 11) is 0. The van der Waals surface area contributed by atoms with Crippen LogP contribution in [0.25, 0.3) is 0 Å². The molecule has 0 spiro atoms. The van der Waals surface area contributed by atoms with Gasteiger partial charge in [-0.3, -0.25) is 4.79 Å². The Labute approximate surface area is 136 Å². The van der Waals surface area contributed by atoms with Crippen LogP contribution in [-0.4, -0.2) is 18.2 Å². The highest BCUT2D eigenvalue weighted by Gasteiger charge is 2.23. The van der Waals surface area contributed by atoms with E-state index in [0.717, 1.165) is 23.5 Å². The average Bonchev–Trinajstić information content (AvgIpc) is 2.97. The van der Waals surface area contributed by atoms with Crippen LogP contribution in [0.2, 0.25) is 0 Å². The molecule has 0 radical (unpaired) electrons. The van der Waals surface area contributed by atoms with Crippen molar-refractivity contribution in [2.75, 3.05) is 17.2 Å². The molecule has 1 aliphatic heterocycles. The summed E-state index contributed by atoms with van der Waals surface area (Å²) in [5.41, 5.74) is 3.70. The molecule has 1 heterocycles. The summed E-state index contributed by atoms with van der Waals surface area (Å²) >= 11 is 1.62. The van der Waals surface area contributed by atoms with Crippen LogP contribution in [-0.2, 0) is 11.2 Å². The van der Waals surface area contributed by atoms with Gasteiger partial charge in [0.15, 0.2) is 0 Å². The van der Waals surface area contributed by atoms with Crippen molar-refractivity contribution >= 4 is 23.4 Å². The van der Waals surface area contributed by atoms with Gasteiger partial charge in [-0.1, -0.05) is 44.2 Å². The smallest absolute Gasteiger partial charge is 0.237 e. The zero-order valence-corrected chi connectivity index (χ0v) is 13.9. The van der Waals surface area contributed by atoms with E-state index in [1.807, 2.05) is 23.1 Å². The molecule has 0 aromatic heterocycles.